The van der Waals surface area contributed by atoms with Gasteiger partial charge in [-0.2, -0.15) is 0 Å². The molecule has 3 aromatic rings. The number of phenolic OH excluding ortho intramolecular Hbond substituents is 1. The number of hydrogen-bond acceptors (Lipinski definition) is 7. The highest BCUT2D eigenvalue weighted by Gasteiger charge is 2.32. The van der Waals surface area contributed by atoms with Gasteiger partial charge < -0.3 is 42.6 Å². The van der Waals surface area contributed by atoms with Crippen LogP contribution in [0.2, 0.25) is 0 Å². The number of carbonyl (C=O) groups excluding carboxylic acids is 4. The maximum atomic E-state index is 13.7. The summed E-state index contributed by atoms with van der Waals surface area (Å²) in [6.07, 6.45) is 1.43. The molecule has 0 aliphatic rings. The molecular weight excluding hydrogens is 556 g/mol. The highest BCUT2D eigenvalue weighted by Crippen LogP contribution is 2.20. The van der Waals surface area contributed by atoms with Crippen molar-refractivity contribution in [1.82, 2.24) is 20.9 Å². The number of hydrogen-bond donors (Lipinski definition) is 8. The third-order valence-electron chi connectivity index (χ3n) is 7.00. The average molecular weight is 595 g/mol. The van der Waals surface area contributed by atoms with E-state index in [0.29, 0.717) is 11.1 Å². The van der Waals surface area contributed by atoms with E-state index < -0.39 is 59.7 Å². The lowest BCUT2D eigenvalue weighted by molar-refractivity contribution is -0.143. The van der Waals surface area contributed by atoms with E-state index >= 15 is 0 Å². The Balaban J connectivity index is 1.85. The topological polar surface area (TPSA) is 230 Å². The number of phenols is 1. The van der Waals surface area contributed by atoms with E-state index in [2.05, 4.69) is 20.9 Å². The van der Waals surface area contributed by atoms with Gasteiger partial charge in [0.05, 0.1) is 6.04 Å². The van der Waals surface area contributed by atoms with Crippen molar-refractivity contribution in [2.45, 2.75) is 63.7 Å². The number of primary amides is 1. The molecule has 0 aliphatic heterocycles. The van der Waals surface area contributed by atoms with Crippen molar-refractivity contribution in [3.8, 4) is 5.75 Å². The Kier molecular flexibility index (Phi) is 11.2. The number of aromatic hydroxyl groups is 1. The molecule has 3 rings (SSSR count). The molecular formula is C30H38N6O7. The summed E-state index contributed by atoms with van der Waals surface area (Å²) in [6.45, 7) is 3.23. The van der Waals surface area contributed by atoms with E-state index in [9.17, 15) is 34.2 Å². The van der Waals surface area contributed by atoms with Crippen molar-refractivity contribution < 1.29 is 34.2 Å². The number of benzene rings is 2. The van der Waals surface area contributed by atoms with Crippen molar-refractivity contribution in [3.05, 3.63) is 65.9 Å². The number of carboxylic acids is 1. The lowest BCUT2D eigenvalue weighted by Crippen LogP contribution is -2.58. The Labute approximate surface area is 248 Å². The van der Waals surface area contributed by atoms with Gasteiger partial charge in [-0.3, -0.25) is 19.2 Å². The first-order valence-corrected chi connectivity index (χ1v) is 13.9. The Hall–Kier alpha value is -4.91. The molecule has 4 unspecified atom stereocenters. The van der Waals surface area contributed by atoms with E-state index in [1.165, 1.54) is 12.1 Å². The van der Waals surface area contributed by atoms with Crippen molar-refractivity contribution in [2.24, 2.45) is 17.4 Å². The van der Waals surface area contributed by atoms with Gasteiger partial charge in [0.1, 0.15) is 23.9 Å². The molecule has 2 aromatic carbocycles. The predicted molar refractivity (Wildman–Crippen MR) is 158 cm³/mol. The molecule has 0 bridgehead atoms. The number of H-pyrrole nitrogens is 1. The number of aromatic nitrogens is 1. The number of carbonyl (C=O) groups is 5. The summed E-state index contributed by atoms with van der Waals surface area (Å²) < 4.78 is 0. The maximum absolute atomic E-state index is 13.7. The highest BCUT2D eigenvalue weighted by atomic mass is 16.4. The normalized spacial score (nSPS) is 14.0. The minimum atomic E-state index is -1.31. The molecule has 0 spiro atoms. The zero-order valence-corrected chi connectivity index (χ0v) is 24.0. The van der Waals surface area contributed by atoms with Crippen LogP contribution in [0.1, 0.15) is 37.8 Å². The SMILES string of the molecule is CC(C)C(NC(=O)C(CCC(N)=O)NC(=O)C(Cc1c[nH]c2ccccc12)NC(=O)C(N)Cc1ccc(O)cc1)C(=O)O. The van der Waals surface area contributed by atoms with E-state index in [0.717, 1.165) is 10.9 Å². The average Bonchev–Trinajstić information content (AvgIpc) is 3.36. The Bertz CT molecular complexity index is 1450. The highest BCUT2D eigenvalue weighted by molar-refractivity contribution is 5.95. The van der Waals surface area contributed by atoms with Gasteiger partial charge in [-0.25, -0.2) is 4.79 Å². The molecule has 0 saturated heterocycles. The summed E-state index contributed by atoms with van der Waals surface area (Å²) in [4.78, 5) is 66.2. The molecule has 0 fully saturated rings. The number of carboxylic acid groups (broad SMARTS) is 1. The number of para-hydroxylation sites is 1. The first kappa shape index (κ1) is 32.6. The van der Waals surface area contributed by atoms with Crippen LogP contribution in [0.4, 0.5) is 0 Å². The number of amides is 4. The summed E-state index contributed by atoms with van der Waals surface area (Å²) in [5.41, 5.74) is 13.7. The van der Waals surface area contributed by atoms with E-state index in [4.69, 9.17) is 11.5 Å². The summed E-state index contributed by atoms with van der Waals surface area (Å²) in [5.74, 6) is -4.54. The van der Waals surface area contributed by atoms with Crippen LogP contribution in [0.15, 0.2) is 54.7 Å². The van der Waals surface area contributed by atoms with Crippen molar-refractivity contribution in [2.75, 3.05) is 0 Å². The number of fused-ring (bicyclic) bond motifs is 1. The van der Waals surface area contributed by atoms with E-state index in [1.807, 2.05) is 24.3 Å². The Morgan fingerprint density at radius 3 is 2.12 bits per heavy atom. The van der Waals surface area contributed by atoms with Crippen LogP contribution in [0.3, 0.4) is 0 Å². The van der Waals surface area contributed by atoms with Gasteiger partial charge in [-0.05, 0) is 48.1 Å². The molecule has 43 heavy (non-hydrogen) atoms. The molecule has 4 amide bonds. The minimum absolute atomic E-state index is 0.0292. The second kappa shape index (κ2) is 14.8. The smallest absolute Gasteiger partial charge is 0.326 e. The summed E-state index contributed by atoms with van der Waals surface area (Å²) in [6, 6.07) is 8.81. The third-order valence-corrected chi connectivity index (χ3v) is 7.00. The third kappa shape index (κ3) is 9.30. The summed E-state index contributed by atoms with van der Waals surface area (Å²) in [5, 5.41) is 27.5. The second-order valence-corrected chi connectivity index (χ2v) is 10.7. The molecule has 1 heterocycles. The van der Waals surface area contributed by atoms with Gasteiger partial charge in [0, 0.05) is 29.9 Å². The summed E-state index contributed by atoms with van der Waals surface area (Å²) in [7, 11) is 0. The van der Waals surface area contributed by atoms with Crippen LogP contribution in [-0.2, 0) is 36.8 Å². The first-order valence-electron chi connectivity index (χ1n) is 13.9. The number of aromatic amines is 1. The monoisotopic (exact) mass is 594 g/mol. The number of aliphatic carboxylic acids is 1. The molecule has 13 nitrogen and oxygen atoms in total. The van der Waals surface area contributed by atoms with Crippen LogP contribution in [0, 0.1) is 5.92 Å². The van der Waals surface area contributed by atoms with Crippen LogP contribution in [-0.4, -0.2) is 69.0 Å². The molecule has 230 valence electrons. The Morgan fingerprint density at radius 2 is 1.49 bits per heavy atom. The lowest BCUT2D eigenvalue weighted by Gasteiger charge is -2.26. The number of nitrogens with one attached hydrogen (secondary N) is 4. The lowest BCUT2D eigenvalue weighted by atomic mass is 10.0. The maximum Gasteiger partial charge on any atom is 0.326 e. The van der Waals surface area contributed by atoms with Crippen molar-refractivity contribution >= 4 is 40.5 Å². The molecule has 1 aromatic heterocycles. The van der Waals surface area contributed by atoms with Crippen LogP contribution >= 0.6 is 0 Å². The van der Waals surface area contributed by atoms with Gasteiger partial charge in [-0.1, -0.05) is 44.2 Å². The Morgan fingerprint density at radius 1 is 0.860 bits per heavy atom. The van der Waals surface area contributed by atoms with Crippen molar-refractivity contribution in [3.63, 3.8) is 0 Å². The zero-order valence-electron chi connectivity index (χ0n) is 24.0. The van der Waals surface area contributed by atoms with E-state index in [-0.39, 0.29) is 31.4 Å². The molecule has 4 atom stereocenters. The fourth-order valence-corrected chi connectivity index (χ4v) is 4.58. The number of rotatable bonds is 15. The summed E-state index contributed by atoms with van der Waals surface area (Å²) >= 11 is 0. The van der Waals surface area contributed by atoms with E-state index in [1.54, 1.807) is 32.2 Å². The second-order valence-electron chi connectivity index (χ2n) is 10.7. The molecule has 0 radical (unpaired) electrons. The van der Waals surface area contributed by atoms with Gasteiger partial charge in [0.25, 0.3) is 0 Å². The van der Waals surface area contributed by atoms with Gasteiger partial charge in [0.2, 0.25) is 23.6 Å². The quantitative estimate of drug-likeness (QED) is 0.123. The van der Waals surface area contributed by atoms with Gasteiger partial charge >= 0.3 is 5.97 Å². The first-order chi connectivity index (χ1) is 20.3. The van der Waals surface area contributed by atoms with Crippen molar-refractivity contribution in [1.29, 1.82) is 0 Å². The van der Waals surface area contributed by atoms with Gasteiger partial charge in [0.15, 0.2) is 0 Å². The minimum Gasteiger partial charge on any atom is -0.508 e. The van der Waals surface area contributed by atoms with Crippen LogP contribution in [0.25, 0.3) is 10.9 Å². The molecule has 10 N–H and O–H groups in total. The predicted octanol–water partition coefficient (Wildman–Crippen LogP) is 0.447. The largest absolute Gasteiger partial charge is 0.508 e. The van der Waals surface area contributed by atoms with Gasteiger partial charge in [-0.15, -0.1) is 0 Å². The molecule has 0 aliphatic carbocycles. The molecule has 13 heteroatoms. The molecule has 0 saturated carbocycles. The zero-order chi connectivity index (χ0) is 31.7. The van der Waals surface area contributed by atoms with Crippen LogP contribution in [0.5, 0.6) is 5.75 Å². The fraction of sp³-hybridized carbons (Fsp3) is 0.367. The fourth-order valence-electron chi connectivity index (χ4n) is 4.58. The standard InChI is InChI=1S/C30H38N6O7/c1-16(2)26(30(42)43)36-28(40)23(11-12-25(32)38)34-29(41)24(14-18-15-33-22-6-4-3-5-20(18)22)35-27(39)21(31)13-17-7-9-19(37)10-8-17/h3-10,15-16,21,23-24,26,33,37H,11-14,31H2,1-2H3,(H2,32,38)(H,34,41)(H,35,39)(H,36,40)(H,42,43). The van der Waals surface area contributed by atoms with Crippen LogP contribution < -0.4 is 27.4 Å². The number of nitrogens with two attached hydrogens (primary N) is 2.